The molecular weight excluding hydrogens is 461 g/mol. The standard InChI is InChI=1S/C14H13F2N3.C13H22BNO2/c15-8-5-6-12(16)11(7-8)13(17)9-3-1-2-4-10(9)14(18)19;14-13(16,12-4-6-17-7-5-12)15-8-10-2-1-3-11(10)9-15/h1-7H,17-19H2;10-12,16H,1-9H2/b13-9-;. The van der Waals surface area contributed by atoms with E-state index < -0.39 is 17.3 Å². The van der Waals surface area contributed by atoms with Gasteiger partial charge < -0.3 is 27.0 Å². The number of aliphatic hydroxyl groups is 1. The highest BCUT2D eigenvalue weighted by Gasteiger charge is 2.45. The molecule has 192 valence electrons. The highest BCUT2D eigenvalue weighted by molar-refractivity contribution is 6.14. The van der Waals surface area contributed by atoms with Crippen molar-refractivity contribution in [3.8, 4) is 0 Å². The Hall–Kier alpha value is -2.62. The molecule has 0 aromatic heterocycles. The van der Waals surface area contributed by atoms with Crippen LogP contribution < -0.4 is 27.6 Å². The molecule has 6 nitrogen and oxygen atoms in total. The zero-order valence-electron chi connectivity index (χ0n) is 20.5. The first-order chi connectivity index (χ1) is 17.2. The first kappa shape index (κ1) is 26.4. The van der Waals surface area contributed by atoms with Crippen LogP contribution in [0.5, 0.6) is 0 Å². The van der Waals surface area contributed by atoms with Gasteiger partial charge in [0.15, 0.2) is 0 Å². The van der Waals surface area contributed by atoms with Gasteiger partial charge in [-0.2, -0.15) is 0 Å². The van der Waals surface area contributed by atoms with Gasteiger partial charge in [0.1, 0.15) is 25.3 Å². The minimum atomic E-state index is -1.10. The Balaban J connectivity index is 0.000000170. The highest BCUT2D eigenvalue weighted by atomic mass is 19.1. The summed E-state index contributed by atoms with van der Waals surface area (Å²) >= 11 is 0. The zero-order valence-corrected chi connectivity index (χ0v) is 20.5. The van der Waals surface area contributed by atoms with Gasteiger partial charge in [-0.25, -0.2) is 8.78 Å². The third-order valence-corrected chi connectivity index (χ3v) is 7.80. The second kappa shape index (κ2) is 11.2. The van der Waals surface area contributed by atoms with Crippen molar-refractivity contribution in [1.29, 1.82) is 0 Å². The molecule has 2 saturated heterocycles. The van der Waals surface area contributed by atoms with Gasteiger partial charge in [-0.3, -0.25) is 4.90 Å². The van der Waals surface area contributed by atoms with Gasteiger partial charge in [0.2, 0.25) is 0 Å². The van der Waals surface area contributed by atoms with Gasteiger partial charge in [0, 0.05) is 48.0 Å². The lowest BCUT2D eigenvalue weighted by Crippen LogP contribution is -2.55. The number of nitrogens with zero attached hydrogens (tertiary/aromatic N) is 1. The van der Waals surface area contributed by atoms with Crippen LogP contribution in [-0.2, 0) is 4.74 Å². The van der Waals surface area contributed by atoms with E-state index in [-0.39, 0.29) is 23.0 Å². The number of halogens is 2. The van der Waals surface area contributed by atoms with E-state index >= 15 is 0 Å². The van der Waals surface area contributed by atoms with Crippen molar-refractivity contribution in [2.24, 2.45) is 35.0 Å². The smallest absolute Gasteiger partial charge is 0.136 e. The summed E-state index contributed by atoms with van der Waals surface area (Å²) in [4.78, 5) is 2.14. The second-order valence-electron chi connectivity index (χ2n) is 10.1. The summed E-state index contributed by atoms with van der Waals surface area (Å²) < 4.78 is 32.2. The number of fused-ring (bicyclic) bond motifs is 1. The number of rotatable bonds is 3. The van der Waals surface area contributed by atoms with E-state index in [1.54, 1.807) is 24.3 Å². The Morgan fingerprint density at radius 3 is 2.17 bits per heavy atom. The van der Waals surface area contributed by atoms with Gasteiger partial charge >= 0.3 is 0 Å². The first-order valence-corrected chi connectivity index (χ1v) is 12.6. The molecule has 5 rings (SSSR count). The maximum Gasteiger partial charge on any atom is 0.136 e. The van der Waals surface area contributed by atoms with Gasteiger partial charge in [-0.05, 0) is 61.6 Å². The largest absolute Gasteiger partial charge is 0.398 e. The van der Waals surface area contributed by atoms with E-state index in [1.165, 1.54) is 19.3 Å². The maximum atomic E-state index is 13.7. The fraction of sp³-hybridized carbons (Fsp3) is 0.481. The average Bonchev–Trinajstić information content (AvgIpc) is 3.49. The molecule has 9 heteroatoms. The van der Waals surface area contributed by atoms with E-state index in [0.717, 1.165) is 69.2 Å². The van der Waals surface area contributed by atoms with Crippen molar-refractivity contribution in [2.45, 2.75) is 37.7 Å². The minimum Gasteiger partial charge on any atom is -0.398 e. The molecule has 3 atom stereocenters. The van der Waals surface area contributed by atoms with Gasteiger partial charge in [0.25, 0.3) is 0 Å². The molecule has 2 heterocycles. The summed E-state index contributed by atoms with van der Waals surface area (Å²) in [5, 5.41) is 11.6. The molecule has 7 N–H and O–H groups in total. The Morgan fingerprint density at radius 2 is 1.56 bits per heavy atom. The second-order valence-corrected chi connectivity index (χ2v) is 10.1. The number of hydrogen-bond donors (Lipinski definition) is 4. The number of hydrogen-bond acceptors (Lipinski definition) is 6. The Labute approximate surface area is 212 Å². The number of likely N-dealkylation sites (tertiary alicyclic amines) is 1. The van der Waals surface area contributed by atoms with E-state index in [9.17, 15) is 13.9 Å². The monoisotopic (exact) mass is 496 g/mol. The number of nitrogens with two attached hydrogens (primary N) is 3. The van der Waals surface area contributed by atoms with Crippen LogP contribution >= 0.6 is 0 Å². The van der Waals surface area contributed by atoms with E-state index in [2.05, 4.69) is 4.90 Å². The summed E-state index contributed by atoms with van der Waals surface area (Å²) in [5.74, 6) is 0.631. The SMILES string of the molecule is NC(N)=c1cccc/c1=C(/N)c1cc(F)ccc1F.[B]C(O)(C1CCOCC1)N1CC2CCCC2C1. The molecule has 0 amide bonds. The third-order valence-electron chi connectivity index (χ3n) is 7.80. The lowest BCUT2D eigenvalue weighted by Gasteiger charge is -2.43. The van der Waals surface area contributed by atoms with Crippen molar-refractivity contribution < 1.29 is 18.6 Å². The quantitative estimate of drug-likeness (QED) is 0.473. The van der Waals surface area contributed by atoms with Crippen molar-refractivity contribution in [1.82, 2.24) is 4.90 Å². The molecule has 0 bridgehead atoms. The van der Waals surface area contributed by atoms with Gasteiger partial charge in [-0.1, -0.05) is 30.7 Å². The zero-order chi connectivity index (χ0) is 25.9. The van der Waals surface area contributed by atoms with E-state index in [0.29, 0.717) is 10.4 Å². The fourth-order valence-electron chi connectivity index (χ4n) is 5.73. The minimum absolute atomic E-state index is 0.0197. The molecule has 2 aromatic rings. The third kappa shape index (κ3) is 5.69. The topological polar surface area (TPSA) is 111 Å². The molecule has 36 heavy (non-hydrogen) atoms. The molecule has 2 aliphatic heterocycles. The highest BCUT2D eigenvalue weighted by Crippen LogP contribution is 2.41. The lowest BCUT2D eigenvalue weighted by molar-refractivity contribution is -0.102. The summed E-state index contributed by atoms with van der Waals surface area (Å²) in [6.07, 6.45) is 5.79. The van der Waals surface area contributed by atoms with Crippen LogP contribution in [0.3, 0.4) is 0 Å². The molecular formula is C27H35BF2N4O2. The van der Waals surface area contributed by atoms with Crippen LogP contribution in [0.15, 0.2) is 42.5 Å². The normalized spacial score (nSPS) is 24.9. The molecule has 3 fully saturated rings. The van der Waals surface area contributed by atoms with Crippen LogP contribution in [0.1, 0.15) is 37.7 Å². The molecule has 2 radical (unpaired) electrons. The summed E-state index contributed by atoms with van der Waals surface area (Å²) in [5.41, 5.74) is 16.0. The summed E-state index contributed by atoms with van der Waals surface area (Å²) in [6.45, 7) is 3.47. The summed E-state index contributed by atoms with van der Waals surface area (Å²) in [6, 6.07) is 9.84. The van der Waals surface area contributed by atoms with Crippen molar-refractivity contribution >= 4 is 19.4 Å². The maximum absolute atomic E-state index is 13.7. The average molecular weight is 496 g/mol. The van der Waals surface area contributed by atoms with Crippen molar-refractivity contribution in [3.63, 3.8) is 0 Å². The Morgan fingerprint density at radius 1 is 0.944 bits per heavy atom. The molecule has 3 aliphatic rings. The van der Waals surface area contributed by atoms with Gasteiger partial charge in [0.05, 0.1) is 5.62 Å². The van der Waals surface area contributed by atoms with E-state index in [1.807, 2.05) is 0 Å². The molecule has 3 unspecified atom stereocenters. The Bertz CT molecular complexity index is 1170. The van der Waals surface area contributed by atoms with Crippen LogP contribution in [0.2, 0.25) is 0 Å². The predicted molar refractivity (Wildman–Crippen MR) is 137 cm³/mol. The van der Waals surface area contributed by atoms with Crippen LogP contribution in [-0.4, -0.2) is 49.8 Å². The first-order valence-electron chi connectivity index (χ1n) is 12.6. The summed E-state index contributed by atoms with van der Waals surface area (Å²) in [7, 11) is 6.23. The van der Waals surface area contributed by atoms with Crippen LogP contribution in [0.4, 0.5) is 8.78 Å². The molecule has 1 saturated carbocycles. The lowest BCUT2D eigenvalue weighted by atomic mass is 9.74. The van der Waals surface area contributed by atoms with E-state index in [4.69, 9.17) is 29.8 Å². The van der Waals surface area contributed by atoms with Crippen LogP contribution in [0.25, 0.3) is 11.5 Å². The molecule has 0 spiro atoms. The Kier molecular flexibility index (Phi) is 8.22. The van der Waals surface area contributed by atoms with Gasteiger partial charge in [-0.15, -0.1) is 0 Å². The van der Waals surface area contributed by atoms with Crippen LogP contribution in [0, 0.1) is 29.4 Å². The molecule has 1 aliphatic carbocycles. The van der Waals surface area contributed by atoms with Crippen molar-refractivity contribution in [3.05, 3.63) is 70.1 Å². The molecule has 2 aromatic carbocycles. The number of ether oxygens (including phenoxy) is 1. The van der Waals surface area contributed by atoms with Crippen molar-refractivity contribution in [2.75, 3.05) is 26.3 Å². The predicted octanol–water partition coefficient (Wildman–Crippen LogP) is 1.02. The fourth-order valence-corrected chi connectivity index (χ4v) is 5.73. The number of benzene rings is 2.